The molecular formula is C13H18O2. The summed E-state index contributed by atoms with van der Waals surface area (Å²) < 4.78 is 5.29. The van der Waals surface area contributed by atoms with E-state index in [1.807, 2.05) is 32.9 Å². The lowest BCUT2D eigenvalue weighted by atomic mass is 10.0. The van der Waals surface area contributed by atoms with Gasteiger partial charge in [0.25, 0.3) is 0 Å². The van der Waals surface area contributed by atoms with Gasteiger partial charge in [0.1, 0.15) is 6.10 Å². The van der Waals surface area contributed by atoms with Crippen LogP contribution in [-0.4, -0.2) is 18.5 Å². The summed E-state index contributed by atoms with van der Waals surface area (Å²) in [6.45, 7) is 8.25. The normalized spacial score (nSPS) is 12.5. The lowest BCUT2D eigenvalue weighted by Gasteiger charge is -2.11. The molecule has 2 nitrogen and oxygen atoms in total. The van der Waals surface area contributed by atoms with Crippen LogP contribution in [0.15, 0.2) is 18.2 Å². The fraction of sp³-hybridized carbons (Fsp3) is 0.462. The van der Waals surface area contributed by atoms with Crippen molar-refractivity contribution in [3.05, 3.63) is 34.9 Å². The third-order valence-electron chi connectivity index (χ3n) is 2.29. The van der Waals surface area contributed by atoms with Crippen LogP contribution in [0.4, 0.5) is 0 Å². The van der Waals surface area contributed by atoms with Crippen molar-refractivity contribution < 1.29 is 9.53 Å². The molecule has 0 aliphatic heterocycles. The number of ketones is 1. The highest BCUT2D eigenvalue weighted by molar-refractivity contribution is 5.99. The predicted octanol–water partition coefficient (Wildman–Crippen LogP) is 2.91. The van der Waals surface area contributed by atoms with Crippen molar-refractivity contribution in [3.8, 4) is 0 Å². The van der Waals surface area contributed by atoms with Gasteiger partial charge in [-0.2, -0.15) is 0 Å². The van der Waals surface area contributed by atoms with Crippen molar-refractivity contribution in [1.82, 2.24) is 0 Å². The van der Waals surface area contributed by atoms with E-state index >= 15 is 0 Å². The van der Waals surface area contributed by atoms with Gasteiger partial charge < -0.3 is 4.74 Å². The predicted molar refractivity (Wildman–Crippen MR) is 61.3 cm³/mol. The van der Waals surface area contributed by atoms with Gasteiger partial charge in [0.15, 0.2) is 5.78 Å². The highest BCUT2D eigenvalue weighted by Gasteiger charge is 2.15. The molecule has 1 aromatic rings. The van der Waals surface area contributed by atoms with Gasteiger partial charge in [-0.3, -0.25) is 4.79 Å². The van der Waals surface area contributed by atoms with E-state index < -0.39 is 0 Å². The van der Waals surface area contributed by atoms with E-state index in [9.17, 15) is 4.79 Å². The van der Waals surface area contributed by atoms with E-state index in [0.717, 1.165) is 16.7 Å². The van der Waals surface area contributed by atoms with Crippen molar-refractivity contribution in [2.24, 2.45) is 0 Å². The molecule has 1 aromatic carbocycles. The Kier molecular flexibility index (Phi) is 4.04. The molecule has 1 atom stereocenters. The topological polar surface area (TPSA) is 26.3 Å². The van der Waals surface area contributed by atoms with E-state index in [1.54, 1.807) is 6.92 Å². The summed E-state index contributed by atoms with van der Waals surface area (Å²) >= 11 is 0. The van der Waals surface area contributed by atoms with E-state index in [4.69, 9.17) is 4.74 Å². The van der Waals surface area contributed by atoms with E-state index in [-0.39, 0.29) is 11.9 Å². The first-order valence-corrected chi connectivity index (χ1v) is 5.28. The summed E-state index contributed by atoms with van der Waals surface area (Å²) in [5, 5.41) is 0. The number of Topliss-reactive ketones (excluding diaryl/α,β-unsaturated/α-hetero) is 1. The van der Waals surface area contributed by atoms with Crippen LogP contribution < -0.4 is 0 Å². The molecule has 0 N–H and O–H groups in total. The Bertz CT molecular complexity index is 335. The second kappa shape index (κ2) is 5.08. The van der Waals surface area contributed by atoms with E-state index in [1.165, 1.54) is 0 Å². The summed E-state index contributed by atoms with van der Waals surface area (Å²) in [5.74, 6) is 0.0589. The van der Waals surface area contributed by atoms with Crippen molar-refractivity contribution in [2.75, 3.05) is 6.61 Å². The van der Waals surface area contributed by atoms with Gasteiger partial charge in [-0.05, 0) is 39.8 Å². The minimum atomic E-state index is -0.351. The molecule has 0 spiro atoms. The summed E-state index contributed by atoms with van der Waals surface area (Å²) in [5.41, 5.74) is 2.97. The van der Waals surface area contributed by atoms with Crippen molar-refractivity contribution >= 4 is 5.78 Å². The van der Waals surface area contributed by atoms with Crippen molar-refractivity contribution in [2.45, 2.75) is 33.8 Å². The Morgan fingerprint density at radius 1 is 1.27 bits per heavy atom. The monoisotopic (exact) mass is 206 g/mol. The van der Waals surface area contributed by atoms with Gasteiger partial charge in [0.05, 0.1) is 0 Å². The van der Waals surface area contributed by atoms with Gasteiger partial charge in [-0.25, -0.2) is 0 Å². The maximum absolute atomic E-state index is 11.9. The fourth-order valence-electron chi connectivity index (χ4n) is 1.68. The second-order valence-electron chi connectivity index (χ2n) is 3.84. The summed E-state index contributed by atoms with van der Waals surface area (Å²) in [7, 11) is 0. The lowest BCUT2D eigenvalue weighted by molar-refractivity contribution is 0.0520. The number of carbonyl (C=O) groups excluding carboxylic acids is 1. The second-order valence-corrected chi connectivity index (χ2v) is 3.84. The number of hydrogen-bond donors (Lipinski definition) is 0. The third-order valence-corrected chi connectivity index (χ3v) is 2.29. The molecule has 0 radical (unpaired) electrons. The standard InChI is InChI=1S/C13H18O2/c1-5-15-11(4)13(14)12-7-9(2)6-10(3)8-12/h6-8,11H,5H2,1-4H3. The van der Waals surface area contributed by atoms with E-state index in [0.29, 0.717) is 6.61 Å². The van der Waals surface area contributed by atoms with Gasteiger partial charge >= 0.3 is 0 Å². The molecule has 0 amide bonds. The number of ether oxygens (including phenoxy) is 1. The Balaban J connectivity index is 2.90. The van der Waals surface area contributed by atoms with Crippen molar-refractivity contribution in [3.63, 3.8) is 0 Å². The number of rotatable bonds is 4. The molecule has 1 rings (SSSR count). The molecule has 0 aliphatic carbocycles. The molecule has 0 heterocycles. The highest BCUT2D eigenvalue weighted by Crippen LogP contribution is 2.12. The minimum Gasteiger partial charge on any atom is -0.371 e. The van der Waals surface area contributed by atoms with Gasteiger partial charge in [0.2, 0.25) is 0 Å². The molecule has 15 heavy (non-hydrogen) atoms. The molecule has 0 saturated heterocycles. The molecule has 0 saturated carbocycles. The Morgan fingerprint density at radius 2 is 1.80 bits per heavy atom. The van der Waals surface area contributed by atoms with Crippen LogP contribution in [0, 0.1) is 13.8 Å². The molecule has 82 valence electrons. The molecule has 0 aromatic heterocycles. The first-order valence-electron chi connectivity index (χ1n) is 5.28. The van der Waals surface area contributed by atoms with Crippen LogP contribution in [0.1, 0.15) is 35.3 Å². The van der Waals surface area contributed by atoms with Crippen LogP contribution in [0.3, 0.4) is 0 Å². The van der Waals surface area contributed by atoms with Crippen LogP contribution in [0.5, 0.6) is 0 Å². The smallest absolute Gasteiger partial charge is 0.191 e. The van der Waals surface area contributed by atoms with Gasteiger partial charge in [-0.1, -0.05) is 17.2 Å². The largest absolute Gasteiger partial charge is 0.371 e. The van der Waals surface area contributed by atoms with E-state index in [2.05, 4.69) is 6.07 Å². The highest BCUT2D eigenvalue weighted by atomic mass is 16.5. The van der Waals surface area contributed by atoms with Crippen LogP contribution in [0.2, 0.25) is 0 Å². The number of aryl methyl sites for hydroxylation is 2. The Morgan fingerprint density at radius 3 is 2.27 bits per heavy atom. The maximum atomic E-state index is 11.9. The van der Waals surface area contributed by atoms with Gasteiger partial charge in [-0.15, -0.1) is 0 Å². The average molecular weight is 206 g/mol. The molecule has 0 bridgehead atoms. The summed E-state index contributed by atoms with van der Waals surface area (Å²) in [6.07, 6.45) is -0.351. The summed E-state index contributed by atoms with van der Waals surface area (Å²) in [4.78, 5) is 11.9. The quantitative estimate of drug-likeness (QED) is 0.708. The van der Waals surface area contributed by atoms with Crippen molar-refractivity contribution in [1.29, 1.82) is 0 Å². The fourth-order valence-corrected chi connectivity index (χ4v) is 1.68. The number of hydrogen-bond acceptors (Lipinski definition) is 2. The third kappa shape index (κ3) is 3.17. The zero-order valence-corrected chi connectivity index (χ0v) is 9.83. The molecular weight excluding hydrogens is 188 g/mol. The molecule has 0 aliphatic rings. The Hall–Kier alpha value is -1.15. The maximum Gasteiger partial charge on any atom is 0.191 e. The zero-order chi connectivity index (χ0) is 11.4. The lowest BCUT2D eigenvalue weighted by Crippen LogP contribution is -2.20. The van der Waals surface area contributed by atoms with Crippen LogP contribution >= 0.6 is 0 Å². The summed E-state index contributed by atoms with van der Waals surface area (Å²) in [6, 6.07) is 5.87. The van der Waals surface area contributed by atoms with Gasteiger partial charge in [0, 0.05) is 12.2 Å². The molecule has 1 unspecified atom stereocenters. The zero-order valence-electron chi connectivity index (χ0n) is 9.83. The first kappa shape index (κ1) is 11.9. The number of benzene rings is 1. The minimum absolute atomic E-state index is 0.0589. The van der Waals surface area contributed by atoms with Crippen LogP contribution in [-0.2, 0) is 4.74 Å². The Labute approximate surface area is 91.3 Å². The molecule has 2 heteroatoms. The van der Waals surface area contributed by atoms with Crippen LogP contribution in [0.25, 0.3) is 0 Å². The number of carbonyl (C=O) groups is 1. The molecule has 0 fully saturated rings. The first-order chi connectivity index (χ1) is 7.04. The SMILES string of the molecule is CCOC(C)C(=O)c1cc(C)cc(C)c1. The average Bonchev–Trinajstić information content (AvgIpc) is 2.15.